The predicted octanol–water partition coefficient (Wildman–Crippen LogP) is 20.8. The zero-order chi connectivity index (χ0) is 59.8. The number of quaternary nitrogens is 1. The topological polar surface area (TPSA) is 108 Å². The molecule has 0 aromatic heterocycles. The summed E-state index contributed by atoms with van der Waals surface area (Å²) >= 11 is 0. The van der Waals surface area contributed by atoms with Crippen LogP contribution in [0.2, 0.25) is 0 Å². The average molecular weight is 1160 g/mol. The van der Waals surface area contributed by atoms with Crippen LogP contribution in [0.15, 0.2) is 134 Å². The van der Waals surface area contributed by atoms with Crippen molar-refractivity contribution < 1.29 is 32.9 Å². The van der Waals surface area contributed by atoms with Gasteiger partial charge in [0.25, 0.3) is 7.82 Å². The fraction of sp³-hybridized carbons (Fsp3) is 0.685. The summed E-state index contributed by atoms with van der Waals surface area (Å²) < 4.78 is 23.4. The van der Waals surface area contributed by atoms with Crippen LogP contribution in [0.25, 0.3) is 0 Å². The van der Waals surface area contributed by atoms with Crippen molar-refractivity contribution in [3.05, 3.63) is 134 Å². The van der Waals surface area contributed by atoms with Gasteiger partial charge >= 0.3 is 0 Å². The number of aliphatic hydroxyl groups is 1. The maximum Gasteiger partial charge on any atom is 0.268 e. The molecule has 470 valence electrons. The number of hydrogen-bond donors (Lipinski definition) is 2. The zero-order valence-electron chi connectivity index (χ0n) is 53.6. The summed E-state index contributed by atoms with van der Waals surface area (Å²) in [5.41, 5.74) is 0. The van der Waals surface area contributed by atoms with Crippen molar-refractivity contribution in [1.82, 2.24) is 5.32 Å². The molecule has 1 amide bonds. The first kappa shape index (κ1) is 78.6. The molecule has 3 atom stereocenters. The smallest absolute Gasteiger partial charge is 0.268 e. The first-order valence-corrected chi connectivity index (χ1v) is 35.0. The summed E-state index contributed by atoms with van der Waals surface area (Å²) in [5.74, 6) is -0.225. The fourth-order valence-electron chi connectivity index (χ4n) is 9.18. The Kier molecular flexibility index (Phi) is 59.6. The van der Waals surface area contributed by atoms with Crippen LogP contribution in [0, 0.1) is 0 Å². The number of nitrogens with one attached hydrogen (secondary N) is 1. The van der Waals surface area contributed by atoms with Crippen molar-refractivity contribution in [3.63, 3.8) is 0 Å². The van der Waals surface area contributed by atoms with Gasteiger partial charge in [-0.25, -0.2) is 0 Å². The summed E-state index contributed by atoms with van der Waals surface area (Å²) in [5, 5.41) is 13.9. The molecule has 9 heteroatoms. The Morgan fingerprint density at radius 3 is 1.09 bits per heavy atom. The third kappa shape index (κ3) is 64.2. The first-order chi connectivity index (χ1) is 40.0. The lowest BCUT2D eigenvalue weighted by Crippen LogP contribution is -2.45. The van der Waals surface area contributed by atoms with Gasteiger partial charge in [-0.15, -0.1) is 0 Å². The van der Waals surface area contributed by atoms with Crippen molar-refractivity contribution in [2.75, 3.05) is 40.9 Å². The molecule has 0 heterocycles. The molecule has 0 fully saturated rings. The number of rotatable bonds is 60. The van der Waals surface area contributed by atoms with Gasteiger partial charge in [-0.2, -0.15) is 0 Å². The number of phosphoric acid groups is 1. The predicted molar refractivity (Wildman–Crippen MR) is 357 cm³/mol. The van der Waals surface area contributed by atoms with Gasteiger partial charge in [0.2, 0.25) is 5.91 Å². The zero-order valence-corrected chi connectivity index (χ0v) is 54.5. The molecule has 8 nitrogen and oxygen atoms in total. The second-order valence-electron chi connectivity index (χ2n) is 23.4. The summed E-state index contributed by atoms with van der Waals surface area (Å²) in [6, 6.07) is -0.912. The molecule has 0 saturated carbocycles. The molecule has 3 unspecified atom stereocenters. The maximum atomic E-state index is 13.0. The molecule has 0 rings (SSSR count). The number of allylic oxidation sites excluding steroid dienone is 21. The Labute approximate surface area is 506 Å². The molecule has 0 saturated heterocycles. The van der Waals surface area contributed by atoms with Gasteiger partial charge in [0.15, 0.2) is 0 Å². The highest BCUT2D eigenvalue weighted by atomic mass is 31.2. The summed E-state index contributed by atoms with van der Waals surface area (Å²) in [7, 11) is 1.23. The van der Waals surface area contributed by atoms with Crippen molar-refractivity contribution in [2.45, 2.75) is 283 Å². The molecule has 0 aromatic carbocycles. The normalized spacial score (nSPS) is 14.6. The minimum absolute atomic E-state index is 0.0131. The first-order valence-electron chi connectivity index (χ1n) is 33.5. The van der Waals surface area contributed by atoms with Crippen LogP contribution in [0.4, 0.5) is 0 Å². The molecular weight excluding hydrogens is 1030 g/mol. The standard InChI is InChI=1S/C73H127N2O6P/c1-6-8-10-12-14-16-18-20-22-24-26-28-30-32-33-34-35-36-37-38-39-40-41-43-45-47-49-51-53-55-57-59-61-63-65-67-73(77)74-71(70-81-82(78,79)80-69-68-75(3,4)5)72(76)66-64-62-60-58-56-54-52-50-48-46-44-42-31-29-27-25-23-21-19-17-15-13-11-9-7-2/h8,10,14,16,20,22,26,28,32-33,35-36,38-39,41,43,47,49,53,55,64,66,71-72,76H,6-7,9,11-13,15,17-19,21,23-25,27,29-31,34,37,40,42,44-46,48,50-52,54,56-63,65,67-70H2,1-5H3,(H-,74,77,78,79)/b10-8-,16-14-,22-20-,28-26-,33-32-,36-35-,39-38-,43-41-,49-47-,55-53-,66-64+. The lowest BCUT2D eigenvalue weighted by molar-refractivity contribution is -0.870. The van der Waals surface area contributed by atoms with Crippen molar-refractivity contribution in [2.24, 2.45) is 0 Å². The van der Waals surface area contributed by atoms with E-state index in [1.165, 1.54) is 135 Å². The summed E-state index contributed by atoms with van der Waals surface area (Å²) in [6.07, 6.45) is 94.1. The monoisotopic (exact) mass is 1160 g/mol. The summed E-state index contributed by atoms with van der Waals surface area (Å²) in [6.45, 7) is 4.53. The minimum atomic E-state index is -4.62. The van der Waals surface area contributed by atoms with Crippen LogP contribution < -0.4 is 10.2 Å². The van der Waals surface area contributed by atoms with Crippen LogP contribution in [-0.4, -0.2) is 68.5 Å². The molecule has 2 N–H and O–H groups in total. The third-order valence-corrected chi connectivity index (χ3v) is 15.3. The largest absolute Gasteiger partial charge is 0.756 e. The number of carbonyl (C=O) groups is 1. The lowest BCUT2D eigenvalue weighted by Gasteiger charge is -2.29. The molecule has 0 radical (unpaired) electrons. The Morgan fingerprint density at radius 1 is 0.439 bits per heavy atom. The number of unbranched alkanes of at least 4 members (excludes halogenated alkanes) is 27. The second-order valence-corrected chi connectivity index (χ2v) is 24.9. The minimum Gasteiger partial charge on any atom is -0.756 e. The van der Waals surface area contributed by atoms with Crippen LogP contribution in [0.5, 0.6) is 0 Å². The van der Waals surface area contributed by atoms with Gasteiger partial charge in [-0.3, -0.25) is 9.36 Å². The maximum absolute atomic E-state index is 13.0. The highest BCUT2D eigenvalue weighted by molar-refractivity contribution is 7.45. The molecule has 0 aromatic rings. The SMILES string of the molecule is CC/C=C\C/C=C\C/C=C\C/C=C\C/C=C\C/C=C\C/C=C\C/C=C\C/C=C\C/C=C\CCCCCCC(=O)NC(COP(=O)([O-])OCC[N+](C)(C)C)C(O)/C=C/CCCCCCCCCCCCCCCCCCCCCCCCC. The van der Waals surface area contributed by atoms with E-state index in [9.17, 15) is 19.4 Å². The van der Waals surface area contributed by atoms with E-state index in [0.717, 1.165) is 116 Å². The van der Waals surface area contributed by atoms with Gasteiger partial charge in [0.1, 0.15) is 13.2 Å². The quantitative estimate of drug-likeness (QED) is 0.0272. The Morgan fingerprint density at radius 2 is 0.744 bits per heavy atom. The summed E-state index contributed by atoms with van der Waals surface area (Å²) in [4.78, 5) is 25.6. The Bertz CT molecular complexity index is 1800. The van der Waals surface area contributed by atoms with E-state index in [4.69, 9.17) is 9.05 Å². The highest BCUT2D eigenvalue weighted by Gasteiger charge is 2.23. The van der Waals surface area contributed by atoms with E-state index >= 15 is 0 Å². The van der Waals surface area contributed by atoms with E-state index in [1.54, 1.807) is 6.08 Å². The fourth-order valence-corrected chi connectivity index (χ4v) is 9.91. The Balaban J connectivity index is 4.24. The van der Waals surface area contributed by atoms with Crippen LogP contribution in [0.1, 0.15) is 271 Å². The van der Waals surface area contributed by atoms with Gasteiger partial charge in [-0.05, 0) is 96.3 Å². The van der Waals surface area contributed by atoms with E-state index in [0.29, 0.717) is 17.4 Å². The van der Waals surface area contributed by atoms with Crippen molar-refractivity contribution >= 4 is 13.7 Å². The van der Waals surface area contributed by atoms with Gasteiger partial charge in [0, 0.05) is 6.42 Å². The molecule has 0 bridgehead atoms. The number of nitrogens with zero attached hydrogens (tertiary/aromatic N) is 1. The van der Waals surface area contributed by atoms with E-state index in [1.807, 2.05) is 27.2 Å². The second kappa shape index (κ2) is 62.2. The Hall–Kier alpha value is -3.36. The van der Waals surface area contributed by atoms with Gasteiger partial charge in [-0.1, -0.05) is 302 Å². The molecular formula is C73H127N2O6P. The van der Waals surface area contributed by atoms with E-state index < -0.39 is 26.6 Å². The number of carbonyl (C=O) groups excluding carboxylic acids is 1. The number of likely N-dealkylation sites (N-methyl/N-ethyl adjacent to an activating group) is 1. The van der Waals surface area contributed by atoms with Gasteiger partial charge in [0.05, 0.1) is 39.9 Å². The number of hydrogen-bond acceptors (Lipinski definition) is 6. The van der Waals surface area contributed by atoms with Crippen molar-refractivity contribution in [3.8, 4) is 0 Å². The van der Waals surface area contributed by atoms with Crippen molar-refractivity contribution in [1.29, 1.82) is 0 Å². The molecule has 0 aliphatic carbocycles. The number of phosphoric ester groups is 1. The molecule has 0 aliphatic rings. The van der Waals surface area contributed by atoms with Gasteiger partial charge < -0.3 is 28.8 Å². The van der Waals surface area contributed by atoms with Crippen LogP contribution >= 0.6 is 7.82 Å². The van der Waals surface area contributed by atoms with E-state index in [2.05, 4.69) is 141 Å². The number of aliphatic hydroxyl groups excluding tert-OH is 1. The molecule has 0 aliphatic heterocycles. The molecule has 82 heavy (non-hydrogen) atoms. The van der Waals surface area contributed by atoms with Crippen LogP contribution in [-0.2, 0) is 18.4 Å². The van der Waals surface area contributed by atoms with Crippen LogP contribution in [0.3, 0.4) is 0 Å². The molecule has 0 spiro atoms. The highest BCUT2D eigenvalue weighted by Crippen LogP contribution is 2.38. The van der Waals surface area contributed by atoms with E-state index in [-0.39, 0.29) is 12.5 Å². The lowest BCUT2D eigenvalue weighted by atomic mass is 10.0. The third-order valence-electron chi connectivity index (χ3n) is 14.4. The average Bonchev–Trinajstić information content (AvgIpc) is 3.45. The number of amides is 1.